The third-order valence-corrected chi connectivity index (χ3v) is 3.90. The summed E-state index contributed by atoms with van der Waals surface area (Å²) in [6.07, 6.45) is 3.55. The van der Waals surface area contributed by atoms with Gasteiger partial charge in [0.15, 0.2) is 5.69 Å². The van der Waals surface area contributed by atoms with Crippen LogP contribution in [0.1, 0.15) is 28.9 Å². The van der Waals surface area contributed by atoms with E-state index < -0.39 is 0 Å². The van der Waals surface area contributed by atoms with Gasteiger partial charge < -0.3 is 14.4 Å². The molecule has 1 aliphatic heterocycles. The molecule has 2 aromatic rings. The Balaban J connectivity index is 1.74. The third-order valence-electron chi connectivity index (χ3n) is 3.90. The van der Waals surface area contributed by atoms with Crippen molar-refractivity contribution in [2.75, 3.05) is 20.3 Å². The molecule has 0 spiro atoms. The molecule has 1 atom stereocenters. The van der Waals surface area contributed by atoms with Gasteiger partial charge in [-0.15, -0.1) is 0 Å². The highest BCUT2D eigenvalue weighted by Gasteiger charge is 2.24. The fourth-order valence-corrected chi connectivity index (χ4v) is 2.67. The maximum Gasteiger partial charge on any atom is 0.276 e. The van der Waals surface area contributed by atoms with Crippen LogP contribution in [0.25, 0.3) is 0 Å². The minimum atomic E-state index is -0.148. The molecule has 1 fully saturated rings. The van der Waals surface area contributed by atoms with Gasteiger partial charge in [-0.25, -0.2) is 0 Å². The highest BCUT2D eigenvalue weighted by atomic mass is 16.5. The van der Waals surface area contributed by atoms with Gasteiger partial charge in [0.1, 0.15) is 5.75 Å². The van der Waals surface area contributed by atoms with Gasteiger partial charge in [0.05, 0.1) is 19.4 Å². The highest BCUT2D eigenvalue weighted by Crippen LogP contribution is 2.18. The van der Waals surface area contributed by atoms with Crippen LogP contribution in [-0.2, 0) is 11.3 Å². The van der Waals surface area contributed by atoms with E-state index in [9.17, 15) is 4.79 Å². The molecular weight excluding hydrogens is 296 g/mol. The lowest BCUT2D eigenvalue weighted by molar-refractivity contribution is 0.0503. The van der Waals surface area contributed by atoms with E-state index in [0.717, 1.165) is 30.8 Å². The molecule has 1 aromatic carbocycles. The summed E-state index contributed by atoms with van der Waals surface area (Å²) < 4.78 is 10.8. The Hall–Kier alpha value is -2.41. The molecule has 0 radical (unpaired) electrons. The summed E-state index contributed by atoms with van der Waals surface area (Å²) in [6.45, 7) is 1.81. The van der Waals surface area contributed by atoms with Crippen molar-refractivity contribution in [1.29, 1.82) is 0 Å². The van der Waals surface area contributed by atoms with E-state index in [1.807, 2.05) is 24.3 Å². The quantitative estimate of drug-likeness (QED) is 0.876. The van der Waals surface area contributed by atoms with Gasteiger partial charge in [0, 0.05) is 19.7 Å². The van der Waals surface area contributed by atoms with Crippen molar-refractivity contribution in [2.45, 2.75) is 25.5 Å². The van der Waals surface area contributed by atoms with Gasteiger partial charge in [0.2, 0.25) is 0 Å². The maximum atomic E-state index is 12.6. The minimum absolute atomic E-state index is 0.0871. The molecule has 1 amide bonds. The highest BCUT2D eigenvalue weighted by molar-refractivity contribution is 5.91. The summed E-state index contributed by atoms with van der Waals surface area (Å²) in [5.41, 5.74) is 1.34. The number of ether oxygens (including phenoxy) is 2. The molecule has 0 bridgehead atoms. The number of nitrogens with one attached hydrogen (secondary N) is 1. The number of carbonyl (C=O) groups is 1. The van der Waals surface area contributed by atoms with Gasteiger partial charge in [0.25, 0.3) is 5.91 Å². The molecule has 7 nitrogen and oxygen atoms in total. The van der Waals surface area contributed by atoms with Crippen LogP contribution in [0.4, 0.5) is 0 Å². The molecule has 1 aliphatic rings. The summed E-state index contributed by atoms with van der Waals surface area (Å²) in [7, 11) is 1.63. The molecule has 23 heavy (non-hydrogen) atoms. The van der Waals surface area contributed by atoms with E-state index in [4.69, 9.17) is 9.47 Å². The van der Waals surface area contributed by atoms with Crippen LogP contribution < -0.4 is 4.74 Å². The molecule has 0 aliphatic carbocycles. The molecule has 2 heterocycles. The first-order chi connectivity index (χ1) is 11.3. The summed E-state index contributed by atoms with van der Waals surface area (Å²) in [5.74, 6) is 0.646. The zero-order valence-corrected chi connectivity index (χ0v) is 13.1. The SMILES string of the molecule is COc1ccc(CN(C[C@@H]2CCCO2)C(=O)c2cn[nH]n2)cc1. The first-order valence-electron chi connectivity index (χ1n) is 7.66. The Morgan fingerprint density at radius 3 is 2.87 bits per heavy atom. The van der Waals surface area contributed by atoms with E-state index in [1.165, 1.54) is 6.20 Å². The van der Waals surface area contributed by atoms with E-state index in [0.29, 0.717) is 18.8 Å². The Morgan fingerprint density at radius 1 is 1.43 bits per heavy atom. The summed E-state index contributed by atoms with van der Waals surface area (Å²) in [6, 6.07) is 7.69. The van der Waals surface area contributed by atoms with Crippen molar-refractivity contribution in [3.05, 3.63) is 41.7 Å². The predicted molar refractivity (Wildman–Crippen MR) is 83.1 cm³/mol. The van der Waals surface area contributed by atoms with Crippen LogP contribution in [0.5, 0.6) is 5.75 Å². The van der Waals surface area contributed by atoms with Crippen LogP contribution in [0.2, 0.25) is 0 Å². The van der Waals surface area contributed by atoms with Crippen molar-refractivity contribution in [1.82, 2.24) is 20.3 Å². The smallest absolute Gasteiger partial charge is 0.276 e. The first-order valence-corrected chi connectivity index (χ1v) is 7.66. The number of hydrogen-bond donors (Lipinski definition) is 1. The fraction of sp³-hybridized carbons (Fsp3) is 0.438. The number of methoxy groups -OCH3 is 1. The van der Waals surface area contributed by atoms with Crippen LogP contribution in [0, 0.1) is 0 Å². The molecule has 1 N–H and O–H groups in total. The molecule has 7 heteroatoms. The normalized spacial score (nSPS) is 17.2. The van der Waals surface area contributed by atoms with Crippen molar-refractivity contribution in [2.24, 2.45) is 0 Å². The number of aromatic nitrogens is 3. The number of hydrogen-bond acceptors (Lipinski definition) is 5. The number of aromatic amines is 1. The van der Waals surface area contributed by atoms with Gasteiger partial charge in [-0.3, -0.25) is 4.79 Å². The molecule has 122 valence electrons. The zero-order chi connectivity index (χ0) is 16.1. The second-order valence-corrected chi connectivity index (χ2v) is 5.52. The molecule has 1 saturated heterocycles. The van der Waals surface area contributed by atoms with Crippen molar-refractivity contribution in [3.8, 4) is 5.75 Å². The fourth-order valence-electron chi connectivity index (χ4n) is 2.67. The lowest BCUT2D eigenvalue weighted by Crippen LogP contribution is -2.37. The number of H-pyrrole nitrogens is 1. The molecule has 1 aromatic heterocycles. The average molecular weight is 316 g/mol. The zero-order valence-electron chi connectivity index (χ0n) is 13.1. The topological polar surface area (TPSA) is 80.3 Å². The van der Waals surface area contributed by atoms with E-state index in [1.54, 1.807) is 12.0 Å². The Labute approximate surface area is 134 Å². The average Bonchev–Trinajstić information content (AvgIpc) is 3.28. The van der Waals surface area contributed by atoms with Gasteiger partial charge in [-0.05, 0) is 30.5 Å². The lowest BCUT2D eigenvalue weighted by Gasteiger charge is -2.24. The van der Waals surface area contributed by atoms with Crippen molar-refractivity contribution in [3.63, 3.8) is 0 Å². The number of nitrogens with zero attached hydrogens (tertiary/aromatic N) is 3. The van der Waals surface area contributed by atoms with Crippen molar-refractivity contribution < 1.29 is 14.3 Å². The van der Waals surface area contributed by atoms with Crippen molar-refractivity contribution >= 4 is 5.91 Å². The first kappa shape index (κ1) is 15.5. The second-order valence-electron chi connectivity index (χ2n) is 5.52. The summed E-state index contributed by atoms with van der Waals surface area (Å²) in [4.78, 5) is 14.4. The van der Waals surface area contributed by atoms with Gasteiger partial charge in [-0.2, -0.15) is 15.4 Å². The largest absolute Gasteiger partial charge is 0.497 e. The number of amides is 1. The van der Waals surface area contributed by atoms with E-state index >= 15 is 0 Å². The summed E-state index contributed by atoms with van der Waals surface area (Å²) in [5, 5.41) is 10.1. The lowest BCUT2D eigenvalue weighted by atomic mass is 10.1. The Morgan fingerprint density at radius 2 is 2.26 bits per heavy atom. The standard InChI is InChI=1S/C16H20N4O3/c1-22-13-6-4-12(5-7-13)10-20(11-14-3-2-8-23-14)16(21)15-9-17-19-18-15/h4-7,9,14H,2-3,8,10-11H2,1H3,(H,17,18,19)/t14-/m0/s1. The Bertz CT molecular complexity index is 621. The van der Waals surface area contributed by atoms with Crippen LogP contribution in [-0.4, -0.2) is 52.6 Å². The monoisotopic (exact) mass is 316 g/mol. The Kier molecular flexibility index (Phi) is 4.87. The van der Waals surface area contributed by atoms with E-state index in [-0.39, 0.29) is 12.0 Å². The maximum absolute atomic E-state index is 12.6. The molecular formula is C16H20N4O3. The minimum Gasteiger partial charge on any atom is -0.497 e. The second kappa shape index (κ2) is 7.23. The van der Waals surface area contributed by atoms with Crippen LogP contribution in [0.3, 0.4) is 0 Å². The number of rotatable bonds is 6. The summed E-state index contributed by atoms with van der Waals surface area (Å²) >= 11 is 0. The molecule has 3 rings (SSSR count). The van der Waals surface area contributed by atoms with E-state index in [2.05, 4.69) is 15.4 Å². The molecule has 0 unspecified atom stereocenters. The molecule has 0 saturated carbocycles. The van der Waals surface area contributed by atoms with Crippen LogP contribution >= 0.6 is 0 Å². The van der Waals surface area contributed by atoms with Crippen LogP contribution in [0.15, 0.2) is 30.5 Å². The van der Waals surface area contributed by atoms with Gasteiger partial charge >= 0.3 is 0 Å². The third kappa shape index (κ3) is 3.87. The van der Waals surface area contributed by atoms with Gasteiger partial charge in [-0.1, -0.05) is 12.1 Å². The number of carbonyl (C=O) groups excluding carboxylic acids is 1. The predicted octanol–water partition coefficient (Wildman–Crippen LogP) is 1.63. The number of benzene rings is 1.